The average Bonchev–Trinajstić information content (AvgIpc) is 3.58. The summed E-state index contributed by atoms with van der Waals surface area (Å²) in [5, 5.41) is 0. The largest absolute Gasteiger partial charge is 0.489 e. The maximum absolute atomic E-state index is 6.13. The molecule has 1 saturated heterocycles. The Morgan fingerprint density at radius 1 is 1.00 bits per heavy atom. The molecule has 3 atom stereocenters. The van der Waals surface area contributed by atoms with E-state index in [1.165, 1.54) is 36.8 Å². The van der Waals surface area contributed by atoms with E-state index < -0.39 is 0 Å². The number of hydrogen-bond acceptors (Lipinski definition) is 3. The highest BCUT2D eigenvalue weighted by Gasteiger charge is 2.57. The van der Waals surface area contributed by atoms with E-state index in [4.69, 9.17) is 9.47 Å². The Morgan fingerprint density at radius 3 is 2.68 bits per heavy atom. The van der Waals surface area contributed by atoms with Crippen molar-refractivity contribution in [3.8, 4) is 5.75 Å². The molecule has 3 nitrogen and oxygen atoms in total. The first-order chi connectivity index (χ1) is 15.2. The normalized spacial score (nSPS) is 28.6. The van der Waals surface area contributed by atoms with Crippen LogP contribution in [0.1, 0.15) is 47.9 Å². The van der Waals surface area contributed by atoms with Gasteiger partial charge in [-0.05, 0) is 79.3 Å². The average molecular weight is 412 g/mol. The molecule has 2 aliphatic carbocycles. The van der Waals surface area contributed by atoms with E-state index in [0.29, 0.717) is 12.5 Å². The van der Waals surface area contributed by atoms with Crippen LogP contribution in [0, 0.1) is 5.92 Å². The minimum atomic E-state index is 0.204. The molecule has 0 unspecified atom stereocenters. The minimum Gasteiger partial charge on any atom is -0.489 e. The predicted octanol–water partition coefficient (Wildman–Crippen LogP) is 5.66. The molecule has 31 heavy (non-hydrogen) atoms. The van der Waals surface area contributed by atoms with Gasteiger partial charge in [-0.3, -0.25) is 4.98 Å². The van der Waals surface area contributed by atoms with Gasteiger partial charge < -0.3 is 9.47 Å². The summed E-state index contributed by atoms with van der Waals surface area (Å²) < 4.78 is 12.1. The summed E-state index contributed by atoms with van der Waals surface area (Å²) in [6.45, 7) is 1.53. The van der Waals surface area contributed by atoms with Crippen LogP contribution in [0.4, 0.5) is 0 Å². The lowest BCUT2D eigenvalue weighted by molar-refractivity contribution is 0.0897. The van der Waals surface area contributed by atoms with Crippen molar-refractivity contribution in [2.24, 2.45) is 5.92 Å². The van der Waals surface area contributed by atoms with Crippen LogP contribution in [0.5, 0.6) is 5.75 Å². The number of pyridine rings is 1. The minimum absolute atomic E-state index is 0.204. The van der Waals surface area contributed by atoms with Gasteiger partial charge in [0.2, 0.25) is 0 Å². The first-order valence-electron chi connectivity index (χ1n) is 11.6. The summed E-state index contributed by atoms with van der Waals surface area (Å²) in [6, 6.07) is 21.9. The van der Waals surface area contributed by atoms with E-state index in [2.05, 4.69) is 59.6 Å². The Kier molecular flexibility index (Phi) is 4.61. The van der Waals surface area contributed by atoms with Gasteiger partial charge in [0.05, 0.1) is 12.2 Å². The van der Waals surface area contributed by atoms with E-state index in [9.17, 15) is 0 Å². The van der Waals surface area contributed by atoms with Crippen molar-refractivity contribution in [1.29, 1.82) is 0 Å². The standard InChI is InChI=1S/C28H29NO2/c1-2-5-21(6-3-1)16-28-13-12-27(20-31-27)17-24(28)9-8-23-15-25(10-11-26(23)28)30-19-22-7-4-14-29-18-22/h1-7,10-11,14-15,18,24H,8-9,12-13,16-17,19-20H2/t24-,27-,28+/m1/s1. The van der Waals surface area contributed by atoms with Crippen molar-refractivity contribution in [1.82, 2.24) is 4.98 Å². The highest BCUT2D eigenvalue weighted by Crippen LogP contribution is 2.58. The van der Waals surface area contributed by atoms with Crippen LogP contribution in [-0.2, 0) is 29.6 Å². The van der Waals surface area contributed by atoms with Crippen LogP contribution in [0.25, 0.3) is 0 Å². The van der Waals surface area contributed by atoms with Crippen LogP contribution in [0.2, 0.25) is 0 Å². The molecule has 0 N–H and O–H groups in total. The summed E-state index contributed by atoms with van der Waals surface area (Å²) in [6.07, 6.45) is 10.8. The lowest BCUT2D eigenvalue weighted by Gasteiger charge is -2.50. The second-order valence-electron chi connectivity index (χ2n) is 9.70. The van der Waals surface area contributed by atoms with Gasteiger partial charge >= 0.3 is 0 Å². The molecule has 1 saturated carbocycles. The second-order valence-corrected chi connectivity index (χ2v) is 9.70. The fourth-order valence-corrected chi connectivity index (χ4v) is 6.12. The molecular formula is C28H29NO2. The van der Waals surface area contributed by atoms with E-state index in [0.717, 1.165) is 30.8 Å². The topological polar surface area (TPSA) is 34.6 Å². The fourth-order valence-electron chi connectivity index (χ4n) is 6.12. The first kappa shape index (κ1) is 19.1. The van der Waals surface area contributed by atoms with Gasteiger partial charge in [0, 0.05) is 23.4 Å². The lowest BCUT2D eigenvalue weighted by Crippen LogP contribution is -2.47. The van der Waals surface area contributed by atoms with E-state index >= 15 is 0 Å². The van der Waals surface area contributed by atoms with Crippen molar-refractivity contribution in [3.05, 3.63) is 95.3 Å². The van der Waals surface area contributed by atoms with Gasteiger partial charge in [-0.2, -0.15) is 0 Å². The zero-order chi connectivity index (χ0) is 20.7. The third kappa shape index (κ3) is 3.55. The molecule has 6 rings (SSSR count). The molecule has 0 bridgehead atoms. The van der Waals surface area contributed by atoms with E-state index in [-0.39, 0.29) is 11.0 Å². The number of nitrogens with zero attached hydrogens (tertiary/aromatic N) is 1. The number of hydrogen-bond donors (Lipinski definition) is 0. The highest BCUT2D eigenvalue weighted by atomic mass is 16.6. The van der Waals surface area contributed by atoms with Gasteiger partial charge in [-0.15, -0.1) is 0 Å². The maximum Gasteiger partial charge on any atom is 0.120 e. The van der Waals surface area contributed by atoms with Crippen LogP contribution in [0.3, 0.4) is 0 Å². The van der Waals surface area contributed by atoms with Crippen molar-refractivity contribution in [2.45, 2.75) is 56.1 Å². The lowest BCUT2D eigenvalue weighted by atomic mass is 9.53. The number of fused-ring (bicyclic) bond motifs is 3. The molecule has 0 radical (unpaired) electrons. The van der Waals surface area contributed by atoms with E-state index in [1.807, 2.05) is 12.3 Å². The molecule has 0 amide bonds. The van der Waals surface area contributed by atoms with Crippen molar-refractivity contribution in [3.63, 3.8) is 0 Å². The number of aryl methyl sites for hydroxylation is 1. The Balaban J connectivity index is 1.31. The number of ether oxygens (including phenoxy) is 2. The Bertz CT molecular complexity index is 1060. The number of aromatic nitrogens is 1. The number of benzene rings is 2. The van der Waals surface area contributed by atoms with Crippen molar-refractivity contribution >= 4 is 0 Å². The third-order valence-corrected chi connectivity index (χ3v) is 7.85. The molecule has 1 aromatic heterocycles. The smallest absolute Gasteiger partial charge is 0.120 e. The van der Waals surface area contributed by atoms with Crippen molar-refractivity contribution in [2.75, 3.05) is 6.61 Å². The fraction of sp³-hybridized carbons (Fsp3) is 0.393. The summed E-state index contributed by atoms with van der Waals surface area (Å²) in [5.41, 5.74) is 6.00. The zero-order valence-corrected chi connectivity index (χ0v) is 17.9. The molecule has 2 heterocycles. The SMILES string of the molecule is c1ccc(C[C@@]23CC[C@]4(CO4)C[C@H]2CCc2cc(OCc4cccnc4)ccc23)cc1. The molecule has 3 aromatic rings. The molecular weight excluding hydrogens is 382 g/mol. The Labute approximate surface area is 184 Å². The molecule has 2 aromatic carbocycles. The summed E-state index contributed by atoms with van der Waals surface area (Å²) >= 11 is 0. The third-order valence-electron chi connectivity index (χ3n) is 7.85. The van der Waals surface area contributed by atoms with E-state index in [1.54, 1.807) is 11.8 Å². The zero-order valence-electron chi connectivity index (χ0n) is 17.9. The van der Waals surface area contributed by atoms with Gasteiger partial charge in [0.15, 0.2) is 0 Å². The predicted molar refractivity (Wildman–Crippen MR) is 121 cm³/mol. The van der Waals surface area contributed by atoms with Crippen LogP contribution < -0.4 is 4.74 Å². The molecule has 3 aliphatic rings. The second kappa shape index (κ2) is 7.49. The summed E-state index contributed by atoms with van der Waals surface area (Å²) in [5.74, 6) is 1.66. The Morgan fingerprint density at radius 2 is 1.87 bits per heavy atom. The Hall–Kier alpha value is -2.65. The summed E-state index contributed by atoms with van der Waals surface area (Å²) in [7, 11) is 0. The molecule has 158 valence electrons. The van der Waals surface area contributed by atoms with Gasteiger partial charge in [0.25, 0.3) is 0 Å². The summed E-state index contributed by atoms with van der Waals surface area (Å²) in [4.78, 5) is 4.19. The van der Waals surface area contributed by atoms with Gasteiger partial charge in [-0.1, -0.05) is 42.5 Å². The van der Waals surface area contributed by atoms with Crippen molar-refractivity contribution < 1.29 is 9.47 Å². The first-order valence-corrected chi connectivity index (χ1v) is 11.6. The quantitative estimate of drug-likeness (QED) is 0.508. The molecule has 1 aliphatic heterocycles. The molecule has 2 fully saturated rings. The van der Waals surface area contributed by atoms with Gasteiger partial charge in [-0.25, -0.2) is 0 Å². The van der Waals surface area contributed by atoms with Gasteiger partial charge in [0.1, 0.15) is 12.4 Å². The number of epoxide rings is 1. The highest BCUT2D eigenvalue weighted by molar-refractivity contribution is 5.45. The van der Waals surface area contributed by atoms with Crippen LogP contribution in [0.15, 0.2) is 73.1 Å². The maximum atomic E-state index is 6.13. The molecule has 3 heteroatoms. The molecule has 1 spiro atoms. The number of rotatable bonds is 5. The van der Waals surface area contributed by atoms with Crippen LogP contribution in [-0.4, -0.2) is 17.2 Å². The monoisotopic (exact) mass is 411 g/mol. The van der Waals surface area contributed by atoms with Crippen LogP contribution >= 0.6 is 0 Å².